The average molecular weight is 245 g/mol. The van der Waals surface area contributed by atoms with Crippen molar-refractivity contribution in [3.8, 4) is 0 Å². The van der Waals surface area contributed by atoms with Gasteiger partial charge >= 0.3 is 0 Å². The number of rotatable bonds is 3. The Bertz CT molecular complexity index is 485. The van der Waals surface area contributed by atoms with E-state index in [1.807, 2.05) is 0 Å². The lowest BCUT2D eigenvalue weighted by molar-refractivity contribution is 0.326. The Hall–Kier alpha value is -1.05. The van der Waals surface area contributed by atoms with E-state index in [1.54, 1.807) is 0 Å². The van der Waals surface area contributed by atoms with Gasteiger partial charge in [-0.25, -0.2) is 22.5 Å². The normalized spacial score (nSPS) is 25.1. The van der Waals surface area contributed by atoms with Gasteiger partial charge in [-0.3, -0.25) is 0 Å². The van der Waals surface area contributed by atoms with Gasteiger partial charge in [-0.05, 0) is 25.0 Å². The van der Waals surface area contributed by atoms with Crippen LogP contribution in [0, 0.1) is 5.82 Å². The first-order chi connectivity index (χ1) is 7.49. The summed E-state index contributed by atoms with van der Waals surface area (Å²) < 4.78 is 39.0. The van der Waals surface area contributed by atoms with E-state index in [9.17, 15) is 12.8 Å². The zero-order chi connectivity index (χ0) is 11.8. The van der Waals surface area contributed by atoms with E-state index in [-0.39, 0.29) is 12.1 Å². The highest BCUT2D eigenvalue weighted by atomic mass is 32.2. The topological polar surface area (TPSA) is 85.1 Å². The highest BCUT2D eigenvalue weighted by Crippen LogP contribution is 2.20. The maximum absolute atomic E-state index is 13.2. The molecule has 0 bridgehead atoms. The summed E-state index contributed by atoms with van der Waals surface area (Å²) in [6.45, 7) is 0. The number of sulfonamides is 1. The Morgan fingerprint density at radius 3 is 2.75 bits per heavy atom. The number of halogens is 1. The lowest BCUT2D eigenvalue weighted by Crippen LogP contribution is -2.50. The smallest absolute Gasteiger partial charge is 0.261 e. The monoisotopic (exact) mass is 245 g/mol. The third kappa shape index (κ3) is 2.21. The molecule has 16 heavy (non-hydrogen) atoms. The maximum atomic E-state index is 13.2. The first kappa shape index (κ1) is 11.4. The summed E-state index contributed by atoms with van der Waals surface area (Å²) in [6.07, 6.45) is 2.39. The second kappa shape index (κ2) is 4.08. The molecule has 88 valence electrons. The van der Waals surface area contributed by atoms with Crippen molar-refractivity contribution >= 4 is 10.0 Å². The molecule has 0 saturated heterocycles. The zero-order valence-corrected chi connectivity index (χ0v) is 9.24. The van der Waals surface area contributed by atoms with E-state index in [2.05, 4.69) is 9.71 Å². The number of hydrogen-bond acceptors (Lipinski definition) is 4. The molecule has 2 rings (SSSR count). The summed E-state index contributed by atoms with van der Waals surface area (Å²) in [5.41, 5.74) is 5.53. The number of pyridine rings is 1. The molecule has 1 heterocycles. The minimum atomic E-state index is -3.87. The van der Waals surface area contributed by atoms with Crippen LogP contribution in [-0.2, 0) is 10.0 Å². The first-order valence-corrected chi connectivity index (χ1v) is 6.36. The minimum absolute atomic E-state index is 0.0290. The molecule has 0 unspecified atom stereocenters. The van der Waals surface area contributed by atoms with Gasteiger partial charge in [0.15, 0.2) is 5.82 Å². The van der Waals surface area contributed by atoms with E-state index in [0.29, 0.717) is 12.8 Å². The summed E-state index contributed by atoms with van der Waals surface area (Å²) in [5.74, 6) is -0.848. The highest BCUT2D eigenvalue weighted by molar-refractivity contribution is 7.89. The molecule has 1 fully saturated rings. The van der Waals surface area contributed by atoms with Gasteiger partial charge in [0.2, 0.25) is 5.03 Å². The molecule has 1 saturated carbocycles. The molecule has 1 aliphatic carbocycles. The second-order valence-electron chi connectivity index (χ2n) is 3.84. The van der Waals surface area contributed by atoms with Gasteiger partial charge in [0, 0.05) is 18.3 Å². The van der Waals surface area contributed by atoms with Crippen molar-refractivity contribution in [1.82, 2.24) is 9.71 Å². The van der Waals surface area contributed by atoms with Crippen molar-refractivity contribution in [3.05, 3.63) is 24.1 Å². The highest BCUT2D eigenvalue weighted by Gasteiger charge is 2.31. The van der Waals surface area contributed by atoms with Gasteiger partial charge in [-0.15, -0.1) is 0 Å². The zero-order valence-electron chi connectivity index (χ0n) is 8.43. The molecule has 0 amide bonds. The Morgan fingerprint density at radius 1 is 1.50 bits per heavy atom. The van der Waals surface area contributed by atoms with E-state index in [0.717, 1.165) is 6.07 Å². The molecular formula is C9H12FN3O2S. The molecule has 0 radical (unpaired) electrons. The molecule has 1 aliphatic rings. The summed E-state index contributed by atoms with van der Waals surface area (Å²) in [6, 6.07) is 2.23. The molecule has 3 N–H and O–H groups in total. The fraction of sp³-hybridized carbons (Fsp3) is 0.444. The van der Waals surface area contributed by atoms with Gasteiger partial charge in [0.25, 0.3) is 10.0 Å². The molecule has 0 spiro atoms. The Morgan fingerprint density at radius 2 is 2.19 bits per heavy atom. The molecule has 7 heteroatoms. The lowest BCUT2D eigenvalue weighted by Gasteiger charge is -2.32. The van der Waals surface area contributed by atoms with Crippen LogP contribution in [0.2, 0.25) is 0 Å². The van der Waals surface area contributed by atoms with Crippen LogP contribution in [0.4, 0.5) is 4.39 Å². The largest absolute Gasteiger partial charge is 0.328 e. The Kier molecular flexibility index (Phi) is 2.92. The van der Waals surface area contributed by atoms with E-state index in [4.69, 9.17) is 5.73 Å². The van der Waals surface area contributed by atoms with Crippen molar-refractivity contribution in [3.63, 3.8) is 0 Å². The van der Waals surface area contributed by atoms with Crippen molar-refractivity contribution in [2.24, 2.45) is 5.73 Å². The molecule has 0 aliphatic heterocycles. The fourth-order valence-corrected chi connectivity index (χ4v) is 2.87. The maximum Gasteiger partial charge on any atom is 0.261 e. The van der Waals surface area contributed by atoms with Gasteiger partial charge in [0.05, 0.1) is 0 Å². The second-order valence-corrected chi connectivity index (χ2v) is 5.47. The summed E-state index contributed by atoms with van der Waals surface area (Å²) in [4.78, 5) is 3.52. The van der Waals surface area contributed by atoms with Crippen molar-refractivity contribution in [2.75, 3.05) is 0 Å². The van der Waals surface area contributed by atoms with Crippen LogP contribution >= 0.6 is 0 Å². The van der Waals surface area contributed by atoms with Crippen molar-refractivity contribution in [2.45, 2.75) is 30.0 Å². The van der Waals surface area contributed by atoms with Crippen LogP contribution in [0.15, 0.2) is 23.4 Å². The number of nitrogens with zero attached hydrogens (tertiary/aromatic N) is 1. The Balaban J connectivity index is 2.16. The number of nitrogens with two attached hydrogens (primary N) is 1. The fourth-order valence-electron chi connectivity index (χ4n) is 1.60. The van der Waals surface area contributed by atoms with Crippen LogP contribution in [0.5, 0.6) is 0 Å². The predicted molar refractivity (Wildman–Crippen MR) is 55.5 cm³/mol. The molecule has 1 aromatic rings. The van der Waals surface area contributed by atoms with Gasteiger partial charge < -0.3 is 5.73 Å². The third-order valence-electron chi connectivity index (χ3n) is 2.48. The van der Waals surface area contributed by atoms with E-state index in [1.165, 1.54) is 12.3 Å². The standard InChI is InChI=1S/C9H12FN3O2S/c10-8-2-1-3-12-9(8)16(14,15)13-7-4-6(11)5-7/h1-3,6-7,13H,4-5,11H2. The summed E-state index contributed by atoms with van der Waals surface area (Å²) in [7, 11) is -3.87. The number of hydrogen-bond donors (Lipinski definition) is 2. The van der Waals surface area contributed by atoms with Gasteiger partial charge in [-0.1, -0.05) is 0 Å². The first-order valence-electron chi connectivity index (χ1n) is 4.87. The average Bonchev–Trinajstić information content (AvgIpc) is 2.15. The van der Waals surface area contributed by atoms with E-state index >= 15 is 0 Å². The van der Waals surface area contributed by atoms with Gasteiger partial charge in [-0.2, -0.15) is 0 Å². The van der Waals surface area contributed by atoms with Crippen LogP contribution in [-0.4, -0.2) is 25.5 Å². The number of nitrogens with one attached hydrogen (secondary N) is 1. The van der Waals surface area contributed by atoms with Crippen LogP contribution in [0.1, 0.15) is 12.8 Å². The van der Waals surface area contributed by atoms with Crippen LogP contribution in [0.3, 0.4) is 0 Å². The molecular weight excluding hydrogens is 233 g/mol. The molecule has 0 aromatic carbocycles. The van der Waals surface area contributed by atoms with Crippen LogP contribution < -0.4 is 10.5 Å². The molecule has 0 atom stereocenters. The Labute approximate surface area is 92.9 Å². The van der Waals surface area contributed by atoms with Crippen LogP contribution in [0.25, 0.3) is 0 Å². The molecule has 5 nitrogen and oxygen atoms in total. The summed E-state index contributed by atoms with van der Waals surface area (Å²) in [5, 5.41) is -0.560. The summed E-state index contributed by atoms with van der Waals surface area (Å²) >= 11 is 0. The predicted octanol–water partition coefficient (Wildman–Crippen LogP) is -0.0113. The number of aromatic nitrogens is 1. The van der Waals surface area contributed by atoms with Crippen molar-refractivity contribution in [1.29, 1.82) is 0 Å². The third-order valence-corrected chi connectivity index (χ3v) is 3.93. The SMILES string of the molecule is NC1CC(NS(=O)(=O)c2ncccc2F)C1. The molecule has 1 aromatic heterocycles. The van der Waals surface area contributed by atoms with Gasteiger partial charge in [0.1, 0.15) is 0 Å². The van der Waals surface area contributed by atoms with E-state index < -0.39 is 20.9 Å². The minimum Gasteiger partial charge on any atom is -0.328 e. The quantitative estimate of drug-likeness (QED) is 0.784. The lowest BCUT2D eigenvalue weighted by atomic mass is 9.89. The van der Waals surface area contributed by atoms with Crippen molar-refractivity contribution < 1.29 is 12.8 Å².